The molecule has 3 aromatic heterocycles. The molecule has 3 aromatic rings. The van der Waals surface area contributed by atoms with E-state index in [4.69, 9.17) is 15.5 Å². The van der Waals surface area contributed by atoms with E-state index in [1.54, 1.807) is 18.9 Å². The second-order valence-corrected chi connectivity index (χ2v) is 10.6. The number of nitrogens with one attached hydrogen (secondary N) is 1. The summed E-state index contributed by atoms with van der Waals surface area (Å²) in [5.41, 5.74) is 9.85. The van der Waals surface area contributed by atoms with E-state index in [0.717, 1.165) is 35.4 Å². The number of nitrogen functional groups attached to an aromatic ring is 1. The van der Waals surface area contributed by atoms with E-state index in [9.17, 15) is 10.1 Å². The molecule has 11 nitrogen and oxygen atoms in total. The number of amides is 1. The minimum Gasteiger partial charge on any atom is -0.444 e. The summed E-state index contributed by atoms with van der Waals surface area (Å²) in [7, 11) is 3.78. The minimum absolute atomic E-state index is 0.00424. The highest BCUT2D eigenvalue weighted by Gasteiger charge is 2.33. The molecule has 11 heteroatoms. The highest BCUT2D eigenvalue weighted by molar-refractivity contribution is 5.81. The average Bonchev–Trinajstić information content (AvgIpc) is 3.43. The van der Waals surface area contributed by atoms with E-state index in [-0.39, 0.29) is 24.1 Å². The lowest BCUT2D eigenvalue weighted by atomic mass is 10.1. The number of ether oxygens (including phenoxy) is 1. The van der Waals surface area contributed by atoms with Gasteiger partial charge < -0.3 is 30.2 Å². The monoisotopic (exact) mass is 505 g/mol. The van der Waals surface area contributed by atoms with Gasteiger partial charge in [-0.05, 0) is 53.2 Å². The van der Waals surface area contributed by atoms with Gasteiger partial charge in [0.05, 0.1) is 40.2 Å². The normalized spacial score (nSPS) is 16.5. The fraction of sp³-hybridized carbons (Fsp3) is 0.500. The number of aryl methyl sites for hydroxylation is 2. The summed E-state index contributed by atoms with van der Waals surface area (Å²) in [5.74, 6) is 0.482. The number of carbonyl (C=O) groups is 1. The van der Waals surface area contributed by atoms with E-state index in [1.165, 1.54) is 0 Å². The Bertz CT molecular complexity index is 1370. The predicted octanol–water partition coefficient (Wildman–Crippen LogP) is 3.74. The van der Waals surface area contributed by atoms with Crippen molar-refractivity contribution in [1.82, 2.24) is 24.4 Å². The number of fused-ring (bicyclic) bond motifs is 1. The third-order valence-electron chi connectivity index (χ3n) is 6.59. The number of aromatic nitrogens is 4. The zero-order valence-corrected chi connectivity index (χ0v) is 22.5. The van der Waals surface area contributed by atoms with Crippen LogP contribution in [0.15, 0.2) is 18.3 Å². The second-order valence-electron chi connectivity index (χ2n) is 10.6. The van der Waals surface area contributed by atoms with Crippen LogP contribution in [0.5, 0.6) is 0 Å². The van der Waals surface area contributed by atoms with Crippen molar-refractivity contribution in [3.05, 3.63) is 35.3 Å². The number of nitriles is 1. The van der Waals surface area contributed by atoms with E-state index >= 15 is 0 Å². The SMILES string of the molecule is Cc1nc(N)nc(NC(C)c2nc3ccn(C)c3cc2N2CCC(N(C)C(=O)OC(C)(C)C)C2)c1C#N. The first-order valence-electron chi connectivity index (χ1n) is 12.4. The number of rotatable bonds is 5. The van der Waals surface area contributed by atoms with Crippen molar-refractivity contribution in [2.24, 2.45) is 7.05 Å². The molecule has 3 N–H and O–H groups in total. The van der Waals surface area contributed by atoms with Crippen LogP contribution >= 0.6 is 0 Å². The largest absolute Gasteiger partial charge is 0.444 e. The van der Waals surface area contributed by atoms with E-state index < -0.39 is 5.60 Å². The van der Waals surface area contributed by atoms with Gasteiger partial charge in [0.15, 0.2) is 0 Å². The Kier molecular flexibility index (Phi) is 6.86. The fourth-order valence-electron chi connectivity index (χ4n) is 4.63. The van der Waals surface area contributed by atoms with Crippen LogP contribution in [0.3, 0.4) is 0 Å². The Morgan fingerprint density at radius 2 is 2.08 bits per heavy atom. The first-order valence-corrected chi connectivity index (χ1v) is 12.4. The van der Waals surface area contributed by atoms with Crippen LogP contribution in [0.2, 0.25) is 0 Å². The molecule has 4 heterocycles. The molecule has 2 unspecified atom stereocenters. The highest BCUT2D eigenvalue weighted by Crippen LogP contribution is 2.34. The molecule has 1 aliphatic heterocycles. The third kappa shape index (κ3) is 5.38. The van der Waals surface area contributed by atoms with Gasteiger partial charge in [-0.15, -0.1) is 0 Å². The molecule has 0 aromatic carbocycles. The average molecular weight is 506 g/mol. The van der Waals surface area contributed by atoms with Crippen LogP contribution in [-0.4, -0.2) is 62.3 Å². The highest BCUT2D eigenvalue weighted by atomic mass is 16.6. The molecule has 0 radical (unpaired) electrons. The van der Waals surface area contributed by atoms with Gasteiger partial charge in [0.25, 0.3) is 0 Å². The summed E-state index contributed by atoms with van der Waals surface area (Å²) >= 11 is 0. The summed E-state index contributed by atoms with van der Waals surface area (Å²) in [6, 6.07) is 6.00. The van der Waals surface area contributed by atoms with Gasteiger partial charge in [-0.2, -0.15) is 10.2 Å². The zero-order valence-electron chi connectivity index (χ0n) is 22.5. The molecular weight excluding hydrogens is 470 g/mol. The zero-order chi connectivity index (χ0) is 27.1. The quantitative estimate of drug-likeness (QED) is 0.531. The topological polar surface area (TPSA) is 138 Å². The maximum Gasteiger partial charge on any atom is 0.410 e. The molecule has 0 spiro atoms. The van der Waals surface area contributed by atoms with E-state index in [0.29, 0.717) is 23.6 Å². The first-order chi connectivity index (χ1) is 17.4. The standard InChI is InChI=1S/C26H35N9O2/c1-15-18(13-27)23(32-24(28)30-15)29-16(2)22-21(12-20-19(31-22)9-10-33(20)6)35-11-8-17(14-35)34(7)25(36)37-26(3,4)5/h9-10,12,16-17H,8,11,14H2,1-7H3,(H3,28,29,30,32). The van der Waals surface area contributed by atoms with Crippen molar-refractivity contribution in [3.8, 4) is 6.07 Å². The number of likely N-dealkylation sites (N-methyl/N-ethyl adjacent to an activating group) is 1. The van der Waals surface area contributed by atoms with Gasteiger partial charge in [-0.25, -0.2) is 14.8 Å². The molecular formula is C26H35N9O2. The Balaban J connectivity index is 1.66. The van der Waals surface area contributed by atoms with E-state index in [2.05, 4.69) is 32.3 Å². The summed E-state index contributed by atoms with van der Waals surface area (Å²) in [5, 5.41) is 13.0. The lowest BCUT2D eigenvalue weighted by Crippen LogP contribution is -2.42. The molecule has 2 atom stereocenters. The fourth-order valence-corrected chi connectivity index (χ4v) is 4.63. The molecule has 1 aliphatic rings. The van der Waals surface area contributed by atoms with E-state index in [1.807, 2.05) is 51.6 Å². The van der Waals surface area contributed by atoms with Gasteiger partial charge in [0.1, 0.15) is 23.1 Å². The smallest absolute Gasteiger partial charge is 0.410 e. The molecule has 1 fully saturated rings. The summed E-state index contributed by atoms with van der Waals surface area (Å²) in [6.45, 7) is 10.7. The van der Waals surface area contributed by atoms with Crippen LogP contribution in [0.25, 0.3) is 11.0 Å². The molecule has 0 bridgehead atoms. The van der Waals surface area contributed by atoms with Crippen LogP contribution in [0, 0.1) is 18.3 Å². The van der Waals surface area contributed by atoms with Crippen molar-refractivity contribution >= 4 is 34.6 Å². The number of nitrogens with zero attached hydrogens (tertiary/aromatic N) is 7. The second kappa shape index (κ2) is 9.76. The maximum absolute atomic E-state index is 12.7. The lowest BCUT2D eigenvalue weighted by Gasteiger charge is -2.29. The Hall–Kier alpha value is -4.07. The van der Waals surface area contributed by atoms with Gasteiger partial charge >= 0.3 is 6.09 Å². The van der Waals surface area contributed by atoms with Crippen LogP contribution in [0.4, 0.5) is 22.2 Å². The molecule has 1 saturated heterocycles. The number of pyridine rings is 1. The van der Waals surface area contributed by atoms with Crippen molar-refractivity contribution in [3.63, 3.8) is 0 Å². The lowest BCUT2D eigenvalue weighted by molar-refractivity contribution is 0.0238. The van der Waals surface area contributed by atoms with Crippen LogP contribution in [0.1, 0.15) is 57.1 Å². The van der Waals surface area contributed by atoms with Gasteiger partial charge in [-0.1, -0.05) is 0 Å². The molecule has 1 amide bonds. The van der Waals surface area contributed by atoms with Crippen LogP contribution < -0.4 is 16.0 Å². The van der Waals surface area contributed by atoms with Crippen molar-refractivity contribution in [1.29, 1.82) is 5.26 Å². The Morgan fingerprint density at radius 3 is 2.76 bits per heavy atom. The van der Waals surface area contributed by atoms with Crippen molar-refractivity contribution in [2.45, 2.75) is 58.7 Å². The summed E-state index contributed by atoms with van der Waals surface area (Å²) < 4.78 is 7.62. The third-order valence-corrected chi connectivity index (χ3v) is 6.59. The Labute approximate surface area is 217 Å². The molecule has 4 rings (SSSR count). The van der Waals surface area contributed by atoms with Crippen molar-refractivity contribution in [2.75, 3.05) is 36.1 Å². The Morgan fingerprint density at radius 1 is 1.35 bits per heavy atom. The van der Waals surface area contributed by atoms with Gasteiger partial charge in [0, 0.05) is 33.4 Å². The minimum atomic E-state index is -0.551. The predicted molar refractivity (Wildman–Crippen MR) is 143 cm³/mol. The number of hydrogen-bond acceptors (Lipinski definition) is 9. The molecule has 196 valence electrons. The summed E-state index contributed by atoms with van der Waals surface area (Å²) in [4.78, 5) is 30.0. The number of hydrogen-bond donors (Lipinski definition) is 2. The first kappa shape index (κ1) is 26.0. The number of carbonyl (C=O) groups excluding carboxylic acids is 1. The van der Waals surface area contributed by atoms with Gasteiger partial charge in [-0.3, -0.25) is 0 Å². The summed E-state index contributed by atoms with van der Waals surface area (Å²) in [6.07, 6.45) is 2.46. The van der Waals surface area contributed by atoms with Crippen molar-refractivity contribution < 1.29 is 9.53 Å². The van der Waals surface area contributed by atoms with Crippen LogP contribution in [-0.2, 0) is 11.8 Å². The molecule has 37 heavy (non-hydrogen) atoms. The number of anilines is 3. The molecule has 0 saturated carbocycles. The maximum atomic E-state index is 12.7. The van der Waals surface area contributed by atoms with Gasteiger partial charge in [0.2, 0.25) is 5.95 Å². The molecule has 0 aliphatic carbocycles. The number of nitrogens with two attached hydrogens (primary N) is 1.